The van der Waals surface area contributed by atoms with Crippen LogP contribution >= 0.6 is 11.8 Å². The molecule has 0 atom stereocenters. The standard InChI is InChI=1S/C15H33N5O3S/c16-1-5-21-7-9-23-10-8-22-6-2-20(18)14-15(17)13-19-3-11-24-12-4-19/h14H,1-13,16-18H2/b15-14-. The second-order valence-electron chi connectivity index (χ2n) is 5.46. The lowest BCUT2D eigenvalue weighted by molar-refractivity contribution is 0.0135. The quantitative estimate of drug-likeness (QED) is 0.204. The molecule has 142 valence electrons. The van der Waals surface area contributed by atoms with Gasteiger partial charge in [0, 0.05) is 49.6 Å². The fraction of sp³-hybridized carbons (Fsp3) is 0.867. The number of rotatable bonds is 14. The van der Waals surface area contributed by atoms with Gasteiger partial charge in [-0.3, -0.25) is 4.90 Å². The molecule has 1 rings (SSSR count). The monoisotopic (exact) mass is 363 g/mol. The molecule has 0 unspecified atom stereocenters. The zero-order chi connectivity index (χ0) is 17.5. The Morgan fingerprint density at radius 3 is 2.21 bits per heavy atom. The zero-order valence-corrected chi connectivity index (χ0v) is 15.3. The molecule has 0 aliphatic carbocycles. The van der Waals surface area contributed by atoms with Crippen molar-refractivity contribution in [3.63, 3.8) is 0 Å². The lowest BCUT2D eigenvalue weighted by Crippen LogP contribution is -2.37. The van der Waals surface area contributed by atoms with Crippen molar-refractivity contribution < 1.29 is 14.2 Å². The van der Waals surface area contributed by atoms with E-state index in [0.29, 0.717) is 52.7 Å². The predicted octanol–water partition coefficient (Wildman–Crippen LogP) is -0.980. The van der Waals surface area contributed by atoms with E-state index in [2.05, 4.69) is 4.90 Å². The van der Waals surface area contributed by atoms with Crippen molar-refractivity contribution in [1.29, 1.82) is 0 Å². The number of hydrogen-bond donors (Lipinski definition) is 3. The van der Waals surface area contributed by atoms with Crippen LogP contribution < -0.4 is 17.3 Å². The Hall–Kier alpha value is -0.550. The van der Waals surface area contributed by atoms with E-state index in [0.717, 1.165) is 25.3 Å². The summed E-state index contributed by atoms with van der Waals surface area (Å²) in [7, 11) is 0. The van der Waals surface area contributed by atoms with Crippen molar-refractivity contribution in [3.8, 4) is 0 Å². The minimum atomic E-state index is 0.535. The van der Waals surface area contributed by atoms with Crippen molar-refractivity contribution in [2.45, 2.75) is 0 Å². The first-order valence-electron chi connectivity index (χ1n) is 8.43. The Kier molecular flexibility index (Phi) is 13.2. The molecule has 0 saturated carbocycles. The van der Waals surface area contributed by atoms with E-state index < -0.39 is 0 Å². The number of nitrogens with two attached hydrogens (primary N) is 3. The highest BCUT2D eigenvalue weighted by Crippen LogP contribution is 2.09. The summed E-state index contributed by atoms with van der Waals surface area (Å²) in [6.45, 7) is 7.38. The molecule has 0 bridgehead atoms. The van der Waals surface area contributed by atoms with Gasteiger partial charge in [-0.25, -0.2) is 5.84 Å². The van der Waals surface area contributed by atoms with Gasteiger partial charge in [-0.05, 0) is 0 Å². The summed E-state index contributed by atoms with van der Waals surface area (Å²) < 4.78 is 16.0. The van der Waals surface area contributed by atoms with Crippen LogP contribution in [0, 0.1) is 0 Å². The van der Waals surface area contributed by atoms with Gasteiger partial charge < -0.3 is 30.7 Å². The van der Waals surface area contributed by atoms with Crippen LogP contribution in [0.4, 0.5) is 0 Å². The Morgan fingerprint density at radius 2 is 1.58 bits per heavy atom. The molecule has 9 heteroatoms. The Bertz CT molecular complexity index is 330. The first-order valence-corrected chi connectivity index (χ1v) is 9.58. The van der Waals surface area contributed by atoms with Crippen molar-refractivity contribution in [1.82, 2.24) is 9.91 Å². The summed E-state index contributed by atoms with van der Waals surface area (Å²) in [5, 5.41) is 1.58. The second kappa shape index (κ2) is 14.8. The van der Waals surface area contributed by atoms with Gasteiger partial charge in [0.1, 0.15) is 0 Å². The van der Waals surface area contributed by atoms with Crippen LogP contribution in [0.25, 0.3) is 0 Å². The summed E-state index contributed by atoms with van der Waals surface area (Å²) in [5.74, 6) is 8.26. The van der Waals surface area contributed by atoms with E-state index in [4.69, 9.17) is 31.5 Å². The molecule has 0 aromatic heterocycles. The van der Waals surface area contributed by atoms with Crippen LogP contribution in [0.15, 0.2) is 11.9 Å². The van der Waals surface area contributed by atoms with Crippen LogP contribution in [0.2, 0.25) is 0 Å². The molecule has 1 heterocycles. The van der Waals surface area contributed by atoms with Crippen LogP contribution in [0.5, 0.6) is 0 Å². The van der Waals surface area contributed by atoms with Gasteiger partial charge in [-0.15, -0.1) is 0 Å². The zero-order valence-electron chi connectivity index (χ0n) is 14.5. The van der Waals surface area contributed by atoms with Gasteiger partial charge >= 0.3 is 0 Å². The highest BCUT2D eigenvalue weighted by Gasteiger charge is 2.10. The number of nitrogens with zero attached hydrogens (tertiary/aromatic N) is 2. The maximum absolute atomic E-state index is 6.04. The molecule has 0 spiro atoms. The van der Waals surface area contributed by atoms with E-state index in [1.807, 2.05) is 11.8 Å². The van der Waals surface area contributed by atoms with Crippen molar-refractivity contribution in [2.24, 2.45) is 17.3 Å². The third kappa shape index (κ3) is 11.9. The van der Waals surface area contributed by atoms with E-state index >= 15 is 0 Å². The molecule has 1 aliphatic heterocycles. The topological polar surface area (TPSA) is 112 Å². The molecule has 24 heavy (non-hydrogen) atoms. The van der Waals surface area contributed by atoms with Crippen molar-refractivity contribution >= 4 is 11.8 Å². The predicted molar refractivity (Wildman–Crippen MR) is 98.4 cm³/mol. The van der Waals surface area contributed by atoms with Gasteiger partial charge in [0.2, 0.25) is 0 Å². The number of hydrogen-bond acceptors (Lipinski definition) is 9. The third-order valence-corrected chi connectivity index (χ3v) is 4.28. The molecule has 0 amide bonds. The summed E-state index contributed by atoms with van der Waals surface area (Å²) in [6, 6.07) is 0. The Balaban J connectivity index is 1.94. The molecule has 0 aromatic carbocycles. The molecular formula is C15H33N5O3S. The highest BCUT2D eigenvalue weighted by molar-refractivity contribution is 7.99. The number of ether oxygens (including phenoxy) is 3. The van der Waals surface area contributed by atoms with Crippen molar-refractivity contribution in [3.05, 3.63) is 11.9 Å². The van der Waals surface area contributed by atoms with Gasteiger partial charge in [0.25, 0.3) is 0 Å². The molecule has 6 N–H and O–H groups in total. The fourth-order valence-corrected chi connectivity index (χ4v) is 3.11. The number of thioether (sulfide) groups is 1. The molecule has 0 radical (unpaired) electrons. The normalized spacial score (nSPS) is 16.5. The van der Waals surface area contributed by atoms with E-state index in [9.17, 15) is 0 Å². The van der Waals surface area contributed by atoms with Crippen molar-refractivity contribution in [2.75, 3.05) is 83.9 Å². The maximum Gasteiger partial charge on any atom is 0.0701 e. The Morgan fingerprint density at radius 1 is 1.00 bits per heavy atom. The van der Waals surface area contributed by atoms with Crippen LogP contribution in [-0.4, -0.2) is 93.8 Å². The van der Waals surface area contributed by atoms with Gasteiger partial charge in [0.05, 0.1) is 46.2 Å². The minimum Gasteiger partial charge on any atom is -0.400 e. The van der Waals surface area contributed by atoms with Gasteiger partial charge in [-0.1, -0.05) is 0 Å². The average Bonchev–Trinajstić information content (AvgIpc) is 2.57. The molecule has 0 aromatic rings. The summed E-state index contributed by atoms with van der Waals surface area (Å²) >= 11 is 1.99. The molecule has 1 saturated heterocycles. The van der Waals surface area contributed by atoms with E-state index in [1.165, 1.54) is 11.5 Å². The molecule has 8 nitrogen and oxygen atoms in total. The van der Waals surface area contributed by atoms with Gasteiger partial charge in [-0.2, -0.15) is 11.8 Å². The molecule has 1 aliphatic rings. The third-order valence-electron chi connectivity index (χ3n) is 3.34. The lowest BCUT2D eigenvalue weighted by atomic mass is 10.4. The molecule has 1 fully saturated rings. The molecular weight excluding hydrogens is 330 g/mol. The van der Waals surface area contributed by atoms with Crippen LogP contribution in [0.1, 0.15) is 0 Å². The van der Waals surface area contributed by atoms with Gasteiger partial charge in [0.15, 0.2) is 0 Å². The fourth-order valence-electron chi connectivity index (χ4n) is 2.13. The second-order valence-corrected chi connectivity index (χ2v) is 6.68. The minimum absolute atomic E-state index is 0.535. The summed E-state index contributed by atoms with van der Waals surface area (Å²) in [6.07, 6.45) is 1.79. The smallest absolute Gasteiger partial charge is 0.0701 e. The first-order chi connectivity index (χ1) is 11.7. The Labute approximate surface area is 149 Å². The summed E-state index contributed by atoms with van der Waals surface area (Å²) in [4.78, 5) is 2.35. The SMILES string of the molecule is NCCOCCOCCOCCN(N)/C=C(\N)CN1CCSCC1. The van der Waals surface area contributed by atoms with Crippen LogP contribution in [-0.2, 0) is 14.2 Å². The lowest BCUT2D eigenvalue weighted by Gasteiger charge is -2.26. The summed E-state index contributed by atoms with van der Waals surface area (Å²) in [5.41, 5.74) is 12.1. The van der Waals surface area contributed by atoms with E-state index in [-0.39, 0.29) is 0 Å². The number of hydrazine groups is 1. The van der Waals surface area contributed by atoms with Crippen LogP contribution in [0.3, 0.4) is 0 Å². The first kappa shape index (κ1) is 21.5. The average molecular weight is 364 g/mol. The maximum atomic E-state index is 6.04. The van der Waals surface area contributed by atoms with E-state index in [1.54, 1.807) is 11.2 Å². The largest absolute Gasteiger partial charge is 0.400 e. The highest BCUT2D eigenvalue weighted by atomic mass is 32.2.